The molecule has 0 unspecified atom stereocenters. The Hall–Kier alpha value is -2.32. The number of nitro groups is 1. The van der Waals surface area contributed by atoms with E-state index < -0.39 is 10.5 Å². The number of aromatic nitrogens is 1. The highest BCUT2D eigenvalue weighted by molar-refractivity contribution is 7.10. The molecule has 27 heavy (non-hydrogen) atoms. The predicted octanol–water partition coefficient (Wildman–Crippen LogP) is 4.08. The normalized spacial score (nSPS) is 26.9. The lowest BCUT2D eigenvalue weighted by Gasteiger charge is -2.43. The Morgan fingerprint density at radius 3 is 2.70 bits per heavy atom. The van der Waals surface area contributed by atoms with Crippen LogP contribution in [-0.4, -0.2) is 33.7 Å². The van der Waals surface area contributed by atoms with Gasteiger partial charge in [-0.05, 0) is 26.0 Å². The molecule has 0 radical (unpaired) electrons. The maximum Gasteiger partial charge on any atom is 0.307 e. The lowest BCUT2D eigenvalue weighted by Crippen LogP contribution is -2.48. The van der Waals surface area contributed by atoms with Gasteiger partial charge >= 0.3 is 5.97 Å². The zero-order chi connectivity index (χ0) is 19.2. The van der Waals surface area contributed by atoms with Crippen molar-refractivity contribution in [3.8, 4) is 11.3 Å². The number of carbonyl (C=O) groups is 1. The van der Waals surface area contributed by atoms with Gasteiger partial charge in [0.1, 0.15) is 10.6 Å². The molecule has 7 nitrogen and oxygen atoms in total. The molecular weight excluding hydrogens is 368 g/mol. The van der Waals surface area contributed by atoms with Crippen molar-refractivity contribution >= 4 is 23.0 Å². The first-order valence-electron chi connectivity index (χ1n) is 8.84. The highest BCUT2D eigenvalue weighted by Crippen LogP contribution is 2.51. The fraction of sp³-hybridized carbons (Fsp3) is 0.474. The van der Waals surface area contributed by atoms with Crippen LogP contribution in [0, 0.1) is 10.1 Å². The van der Waals surface area contributed by atoms with Gasteiger partial charge in [0.15, 0.2) is 0 Å². The van der Waals surface area contributed by atoms with E-state index in [9.17, 15) is 14.9 Å². The summed E-state index contributed by atoms with van der Waals surface area (Å²) in [6, 6.07) is 6.33. The number of benzene rings is 1. The Bertz CT molecular complexity index is 892. The van der Waals surface area contributed by atoms with Gasteiger partial charge in [-0.2, -0.15) is 0 Å². The van der Waals surface area contributed by atoms with Crippen LogP contribution in [-0.2, 0) is 14.3 Å². The first kappa shape index (κ1) is 18.1. The molecule has 1 aromatic carbocycles. The van der Waals surface area contributed by atoms with Crippen molar-refractivity contribution in [1.29, 1.82) is 0 Å². The molecule has 1 aromatic heterocycles. The molecule has 2 saturated heterocycles. The van der Waals surface area contributed by atoms with Gasteiger partial charge < -0.3 is 9.47 Å². The van der Waals surface area contributed by atoms with E-state index in [4.69, 9.17) is 14.5 Å². The number of hydrogen-bond acceptors (Lipinski definition) is 7. The van der Waals surface area contributed by atoms with E-state index in [1.54, 1.807) is 12.1 Å². The summed E-state index contributed by atoms with van der Waals surface area (Å²) in [6.45, 7) is 4.58. The van der Waals surface area contributed by atoms with Gasteiger partial charge in [0, 0.05) is 35.9 Å². The summed E-state index contributed by atoms with van der Waals surface area (Å²) in [4.78, 5) is 27.3. The topological polar surface area (TPSA) is 91.6 Å². The number of esters is 1. The lowest BCUT2D eigenvalue weighted by molar-refractivity contribution is -0.384. The van der Waals surface area contributed by atoms with Crippen molar-refractivity contribution < 1.29 is 19.2 Å². The van der Waals surface area contributed by atoms with Crippen molar-refractivity contribution in [1.82, 2.24) is 4.98 Å². The number of hydrogen-bond donors (Lipinski definition) is 0. The van der Waals surface area contributed by atoms with E-state index in [1.807, 2.05) is 19.2 Å². The van der Waals surface area contributed by atoms with E-state index in [0.29, 0.717) is 25.9 Å². The SMILES string of the molecule is CC1(C)C[C@]2(CCO1)OC(=O)C[C@H]2c1nc(-c2ccc([N+](=O)[O-])cc2)cs1. The fourth-order valence-corrected chi connectivity index (χ4v) is 5.12. The van der Waals surface area contributed by atoms with Crippen LogP contribution in [0.5, 0.6) is 0 Å². The summed E-state index contributed by atoms with van der Waals surface area (Å²) in [5.74, 6) is -0.283. The first-order chi connectivity index (χ1) is 12.8. The molecule has 2 aromatic rings. The summed E-state index contributed by atoms with van der Waals surface area (Å²) in [6.07, 6.45) is 1.63. The van der Waals surface area contributed by atoms with Gasteiger partial charge in [-0.25, -0.2) is 4.98 Å². The molecule has 8 heteroatoms. The average Bonchev–Trinajstić information content (AvgIpc) is 3.18. The van der Waals surface area contributed by atoms with E-state index in [1.165, 1.54) is 23.5 Å². The number of non-ortho nitro benzene ring substituents is 1. The highest BCUT2D eigenvalue weighted by Gasteiger charge is 2.55. The third kappa shape index (κ3) is 3.35. The second kappa shape index (κ2) is 6.38. The zero-order valence-corrected chi connectivity index (χ0v) is 16.0. The third-order valence-electron chi connectivity index (χ3n) is 5.26. The number of rotatable bonds is 3. The monoisotopic (exact) mass is 388 g/mol. The molecule has 2 aliphatic rings. The van der Waals surface area contributed by atoms with Crippen LogP contribution in [0.25, 0.3) is 11.3 Å². The van der Waals surface area contributed by atoms with Crippen LogP contribution < -0.4 is 0 Å². The minimum atomic E-state index is -0.566. The molecule has 2 aliphatic heterocycles. The molecule has 0 saturated carbocycles. The maximum absolute atomic E-state index is 12.1. The van der Waals surface area contributed by atoms with Gasteiger partial charge in [-0.15, -0.1) is 11.3 Å². The Labute approximate surface area is 160 Å². The molecule has 0 N–H and O–H groups in total. The number of nitro benzene ring substituents is 1. The maximum atomic E-state index is 12.1. The molecule has 0 amide bonds. The summed E-state index contributed by atoms with van der Waals surface area (Å²) < 4.78 is 11.6. The Morgan fingerprint density at radius 1 is 1.30 bits per heavy atom. The standard InChI is InChI=1S/C19H20N2O5S/c1-18(2)11-19(7-8-25-18)14(9-16(22)26-19)17-20-15(10-27-17)12-3-5-13(6-4-12)21(23)24/h3-6,10,14H,7-9,11H2,1-2H3/t14-,19-/m0/s1. The second-order valence-electron chi connectivity index (χ2n) is 7.71. The average molecular weight is 388 g/mol. The molecule has 1 spiro atoms. The summed E-state index contributed by atoms with van der Waals surface area (Å²) in [5.41, 5.74) is 0.705. The van der Waals surface area contributed by atoms with Gasteiger partial charge in [-0.3, -0.25) is 14.9 Å². The molecule has 2 fully saturated rings. The van der Waals surface area contributed by atoms with E-state index in [2.05, 4.69) is 0 Å². The molecule has 4 rings (SSSR count). The molecule has 2 atom stereocenters. The number of carbonyl (C=O) groups excluding carboxylic acids is 1. The van der Waals surface area contributed by atoms with E-state index in [-0.39, 0.29) is 23.2 Å². The smallest absolute Gasteiger partial charge is 0.307 e. The molecule has 0 aliphatic carbocycles. The summed E-state index contributed by atoms with van der Waals surface area (Å²) in [7, 11) is 0. The van der Waals surface area contributed by atoms with Gasteiger partial charge in [0.25, 0.3) is 5.69 Å². The molecule has 3 heterocycles. The highest BCUT2D eigenvalue weighted by atomic mass is 32.1. The quantitative estimate of drug-likeness (QED) is 0.447. The summed E-state index contributed by atoms with van der Waals surface area (Å²) >= 11 is 1.50. The van der Waals surface area contributed by atoms with Crippen LogP contribution in [0.1, 0.15) is 44.0 Å². The number of nitrogens with zero attached hydrogens (tertiary/aromatic N) is 2. The van der Waals surface area contributed by atoms with Gasteiger partial charge in [-0.1, -0.05) is 0 Å². The second-order valence-corrected chi connectivity index (χ2v) is 8.60. The van der Waals surface area contributed by atoms with Crippen molar-refractivity contribution in [2.75, 3.05) is 6.61 Å². The Balaban J connectivity index is 1.63. The fourth-order valence-electron chi connectivity index (χ4n) is 4.08. The van der Waals surface area contributed by atoms with E-state index in [0.717, 1.165) is 16.3 Å². The molecular formula is C19H20N2O5S. The minimum absolute atomic E-state index is 0.0485. The largest absolute Gasteiger partial charge is 0.458 e. The van der Waals surface area contributed by atoms with Crippen molar-refractivity contribution in [2.24, 2.45) is 0 Å². The Kier molecular flexibility index (Phi) is 4.27. The Morgan fingerprint density at radius 2 is 2.04 bits per heavy atom. The molecule has 0 bridgehead atoms. The predicted molar refractivity (Wildman–Crippen MR) is 99.7 cm³/mol. The number of ether oxygens (including phenoxy) is 2. The van der Waals surface area contributed by atoms with Crippen molar-refractivity contribution in [3.63, 3.8) is 0 Å². The lowest BCUT2D eigenvalue weighted by atomic mass is 9.76. The summed E-state index contributed by atoms with van der Waals surface area (Å²) in [5, 5.41) is 13.6. The number of thiazole rings is 1. The van der Waals surface area contributed by atoms with Crippen molar-refractivity contribution in [2.45, 2.75) is 50.2 Å². The van der Waals surface area contributed by atoms with Gasteiger partial charge in [0.2, 0.25) is 0 Å². The third-order valence-corrected chi connectivity index (χ3v) is 6.22. The van der Waals surface area contributed by atoms with Crippen molar-refractivity contribution in [3.05, 3.63) is 44.8 Å². The molecule has 142 valence electrons. The van der Waals surface area contributed by atoms with Gasteiger partial charge in [0.05, 0.1) is 35.2 Å². The van der Waals surface area contributed by atoms with Crippen LogP contribution >= 0.6 is 11.3 Å². The van der Waals surface area contributed by atoms with Crippen LogP contribution in [0.15, 0.2) is 29.6 Å². The van der Waals surface area contributed by atoms with E-state index >= 15 is 0 Å². The van der Waals surface area contributed by atoms with Crippen LogP contribution in [0.3, 0.4) is 0 Å². The minimum Gasteiger partial charge on any atom is -0.458 e. The van der Waals surface area contributed by atoms with Crippen LogP contribution in [0.2, 0.25) is 0 Å². The van der Waals surface area contributed by atoms with Crippen LogP contribution in [0.4, 0.5) is 5.69 Å². The first-order valence-corrected chi connectivity index (χ1v) is 9.72. The zero-order valence-electron chi connectivity index (χ0n) is 15.1.